The van der Waals surface area contributed by atoms with Crippen molar-refractivity contribution in [2.75, 3.05) is 0 Å². The predicted octanol–water partition coefficient (Wildman–Crippen LogP) is 14.4. The first-order chi connectivity index (χ1) is 29.9. The van der Waals surface area contributed by atoms with Crippen LogP contribution in [0, 0.1) is 25.5 Å². The lowest BCUT2D eigenvalue weighted by molar-refractivity contribution is -0.253. The second kappa shape index (κ2) is 14.0. The molecule has 2 atom stereocenters. The fraction of sp³-hybridized carbons (Fsp3) is 0.224. The summed E-state index contributed by atoms with van der Waals surface area (Å²) in [6.45, 7) is 5.79. The summed E-state index contributed by atoms with van der Waals surface area (Å²) in [6.07, 6.45) is -15.5. The Morgan fingerprint density at radius 3 is 1.52 bits per heavy atom. The maximum absolute atomic E-state index is 17.2. The van der Waals surface area contributed by atoms with Gasteiger partial charge < -0.3 is 9.47 Å². The molecule has 0 spiro atoms. The van der Waals surface area contributed by atoms with Gasteiger partial charge in [0, 0.05) is 23.6 Å². The fourth-order valence-electron chi connectivity index (χ4n) is 9.32. The highest BCUT2D eigenvalue weighted by Crippen LogP contribution is 2.60. The number of aliphatic imine (C=N–C) groups is 2. The molecule has 2 aliphatic heterocycles. The van der Waals surface area contributed by atoms with E-state index in [4.69, 9.17) is 9.47 Å². The molecule has 3 aliphatic rings. The van der Waals surface area contributed by atoms with Gasteiger partial charge >= 0.3 is 18.5 Å². The van der Waals surface area contributed by atoms with Gasteiger partial charge in [-0.25, -0.2) is 18.8 Å². The summed E-state index contributed by atoms with van der Waals surface area (Å²) in [5.74, 6) is -4.03. The van der Waals surface area contributed by atoms with Crippen LogP contribution in [0.25, 0.3) is 22.3 Å². The molecule has 9 rings (SSSR count). The average molecular weight is 891 g/mol. The van der Waals surface area contributed by atoms with E-state index in [1.54, 1.807) is 74.5 Å². The lowest BCUT2D eigenvalue weighted by Crippen LogP contribution is -2.46. The number of aryl methyl sites for hydroxylation is 2. The first-order valence-electron chi connectivity index (χ1n) is 19.7. The predicted molar refractivity (Wildman–Crippen MR) is 218 cm³/mol. The smallest absolute Gasteiger partial charge is 0.432 e. The van der Waals surface area contributed by atoms with Gasteiger partial charge in [-0.3, -0.25) is 0 Å². The molecule has 0 aromatic heterocycles. The molecular weight excluding hydrogens is 858 g/mol. The Kier molecular flexibility index (Phi) is 9.35. The quantitative estimate of drug-likeness (QED) is 0.165. The normalized spacial score (nSPS) is 19.9. The Morgan fingerprint density at radius 2 is 1.00 bits per heavy atom. The van der Waals surface area contributed by atoms with Gasteiger partial charge in [-0.1, -0.05) is 78.4 Å². The summed E-state index contributed by atoms with van der Waals surface area (Å²) in [5, 5.41) is 0. The van der Waals surface area contributed by atoms with E-state index in [1.807, 2.05) is 0 Å². The highest BCUT2D eigenvalue weighted by Gasteiger charge is 2.61. The monoisotopic (exact) mass is 890 g/mol. The zero-order valence-corrected chi connectivity index (χ0v) is 34.3. The van der Waals surface area contributed by atoms with E-state index >= 15 is 22.0 Å². The van der Waals surface area contributed by atoms with E-state index in [0.29, 0.717) is 36.6 Å². The van der Waals surface area contributed by atoms with Crippen molar-refractivity contribution in [3.05, 3.63) is 176 Å². The van der Waals surface area contributed by atoms with Crippen LogP contribution in [0.5, 0.6) is 0 Å². The van der Waals surface area contributed by atoms with Crippen molar-refractivity contribution in [1.82, 2.24) is 0 Å². The van der Waals surface area contributed by atoms with Gasteiger partial charge in [-0.15, -0.1) is 0 Å². The molecule has 64 heavy (non-hydrogen) atoms. The van der Waals surface area contributed by atoms with E-state index in [9.17, 15) is 26.3 Å². The van der Waals surface area contributed by atoms with Gasteiger partial charge in [-0.2, -0.15) is 39.5 Å². The van der Waals surface area contributed by atoms with Crippen LogP contribution in [-0.2, 0) is 32.3 Å². The molecular formula is C49H33F11N2O2. The third-order valence-electron chi connectivity index (χ3n) is 12.4. The number of alkyl halides is 9. The van der Waals surface area contributed by atoms with Crippen molar-refractivity contribution in [3.63, 3.8) is 0 Å². The Hall–Kier alpha value is -6.51. The molecule has 4 nitrogen and oxygen atoms in total. The van der Waals surface area contributed by atoms with Crippen molar-refractivity contribution >= 4 is 23.2 Å². The molecule has 15 heteroatoms. The van der Waals surface area contributed by atoms with E-state index in [0.717, 1.165) is 48.9 Å². The molecule has 0 saturated heterocycles. The first-order valence-corrected chi connectivity index (χ1v) is 19.7. The van der Waals surface area contributed by atoms with Crippen LogP contribution >= 0.6 is 0 Å². The topological polar surface area (TPSA) is 43.2 Å². The number of rotatable bonds is 4. The summed E-state index contributed by atoms with van der Waals surface area (Å²) in [7, 11) is 0. The maximum atomic E-state index is 17.2. The van der Waals surface area contributed by atoms with Crippen molar-refractivity contribution in [2.24, 2.45) is 9.98 Å². The SMILES string of the molecule is CC1=Nc2c(F)cc(C3(c4cc(F)c5c(c4)C(C)(C(F)(F)F)OC(c4ccc(-c6ccc(C)cc6C)c(C(F)(F)F)c4)=N5)c4ccccc4-c4ccccc43)cc2C(C)(C(F)(F)F)O1. The summed E-state index contributed by atoms with van der Waals surface area (Å²) in [6, 6.07) is 24.2. The minimum absolute atomic E-state index is 0.223. The molecule has 2 heterocycles. The largest absolute Gasteiger partial charge is 0.460 e. The number of nitrogens with zero attached hydrogens (tertiary/aromatic N) is 2. The second-order valence-electron chi connectivity index (χ2n) is 16.4. The number of hydrogen-bond acceptors (Lipinski definition) is 4. The van der Waals surface area contributed by atoms with Crippen molar-refractivity contribution < 1.29 is 57.8 Å². The van der Waals surface area contributed by atoms with Crippen LogP contribution in [0.1, 0.15) is 76.4 Å². The van der Waals surface area contributed by atoms with Gasteiger partial charge in [0.2, 0.25) is 17.1 Å². The molecule has 1 aliphatic carbocycles. The number of hydrogen-bond donors (Lipinski definition) is 0. The zero-order chi connectivity index (χ0) is 46.1. The maximum Gasteiger partial charge on any atom is 0.432 e. The van der Waals surface area contributed by atoms with E-state index < -0.39 is 92.2 Å². The highest BCUT2D eigenvalue weighted by atomic mass is 19.4. The lowest BCUT2D eigenvalue weighted by Gasteiger charge is -2.40. The van der Waals surface area contributed by atoms with E-state index in [-0.39, 0.29) is 33.4 Å². The van der Waals surface area contributed by atoms with Crippen LogP contribution < -0.4 is 0 Å². The Bertz CT molecular complexity index is 2970. The van der Waals surface area contributed by atoms with Crippen LogP contribution in [-0.4, -0.2) is 24.1 Å². The first kappa shape index (κ1) is 42.8. The van der Waals surface area contributed by atoms with Crippen molar-refractivity contribution in [2.45, 2.75) is 69.8 Å². The standard InChI is InChI=1S/C49H33F11N2O2/c1-24-14-16-30(25(2)18-24)33-17-15-27(19-36(33)47(52,53)54)43-62-42-38(45(5,64-43)49(58,59)60)21-29(23-40(42)51)46(34-12-8-6-10-31(34)32-11-7-9-13-35(32)46)28-20-37-41(39(50)22-28)61-26(3)63-44(37,4)48(55,56)57/h6-23H,1-5H3. The fourth-order valence-corrected chi connectivity index (χ4v) is 9.32. The number of fused-ring (bicyclic) bond motifs is 5. The zero-order valence-electron chi connectivity index (χ0n) is 34.3. The molecule has 328 valence electrons. The van der Waals surface area contributed by atoms with Gasteiger partial charge in [0.1, 0.15) is 23.0 Å². The van der Waals surface area contributed by atoms with Gasteiger partial charge in [0.05, 0.1) is 11.0 Å². The van der Waals surface area contributed by atoms with Crippen LogP contribution in [0.3, 0.4) is 0 Å². The summed E-state index contributed by atoms with van der Waals surface area (Å²) < 4.78 is 181. The van der Waals surface area contributed by atoms with Crippen molar-refractivity contribution in [3.8, 4) is 22.3 Å². The van der Waals surface area contributed by atoms with Gasteiger partial charge in [-0.05, 0) is 114 Å². The van der Waals surface area contributed by atoms with E-state index in [1.165, 1.54) is 6.07 Å². The molecule has 6 aromatic carbocycles. The van der Waals surface area contributed by atoms with E-state index in [2.05, 4.69) is 9.98 Å². The number of ether oxygens (including phenoxy) is 2. The molecule has 6 aromatic rings. The Morgan fingerprint density at radius 1 is 0.500 bits per heavy atom. The molecule has 0 radical (unpaired) electrons. The Labute approximate surface area is 358 Å². The number of halogens is 11. The van der Waals surface area contributed by atoms with Crippen LogP contribution in [0.15, 0.2) is 119 Å². The molecule has 0 amide bonds. The minimum Gasteiger partial charge on any atom is -0.460 e. The molecule has 0 bridgehead atoms. The van der Waals surface area contributed by atoms with Crippen LogP contribution in [0.2, 0.25) is 0 Å². The molecule has 0 fully saturated rings. The van der Waals surface area contributed by atoms with Gasteiger partial charge in [0.25, 0.3) is 0 Å². The third kappa shape index (κ3) is 6.16. The number of benzene rings is 6. The summed E-state index contributed by atoms with van der Waals surface area (Å²) in [5.41, 5.74) is -11.4. The Balaban J connectivity index is 1.32. The average Bonchev–Trinajstić information content (AvgIpc) is 3.51. The van der Waals surface area contributed by atoms with Crippen molar-refractivity contribution in [1.29, 1.82) is 0 Å². The van der Waals surface area contributed by atoms with Gasteiger partial charge in [0.15, 0.2) is 5.90 Å². The summed E-state index contributed by atoms with van der Waals surface area (Å²) >= 11 is 0. The molecule has 2 unspecified atom stereocenters. The minimum atomic E-state index is -5.39. The molecule has 0 saturated carbocycles. The highest BCUT2D eigenvalue weighted by molar-refractivity contribution is 5.99. The van der Waals surface area contributed by atoms with Crippen LogP contribution in [0.4, 0.5) is 59.7 Å². The second-order valence-corrected chi connectivity index (χ2v) is 16.4. The lowest BCUT2D eigenvalue weighted by atomic mass is 9.66. The molecule has 0 N–H and O–H groups in total. The summed E-state index contributed by atoms with van der Waals surface area (Å²) in [4.78, 5) is 8.03. The third-order valence-corrected chi connectivity index (χ3v) is 12.4.